The average molecular weight is 455 g/mol. The van der Waals surface area contributed by atoms with E-state index in [0.29, 0.717) is 36.9 Å². The first-order valence-electron chi connectivity index (χ1n) is 11.7. The predicted molar refractivity (Wildman–Crippen MR) is 131 cm³/mol. The van der Waals surface area contributed by atoms with Crippen molar-refractivity contribution in [1.29, 1.82) is 0 Å². The summed E-state index contributed by atoms with van der Waals surface area (Å²) in [4.78, 5) is 28.0. The summed E-state index contributed by atoms with van der Waals surface area (Å²) in [5.74, 6) is 1.62. The second-order valence-corrected chi connectivity index (χ2v) is 8.92. The zero-order chi connectivity index (χ0) is 24.4. The summed E-state index contributed by atoms with van der Waals surface area (Å²) >= 11 is 0. The number of carbonyl (C=O) groups excluding carboxylic acids is 2. The molecule has 1 N–H and O–H groups in total. The molecule has 180 valence electrons. The van der Waals surface area contributed by atoms with Crippen LogP contribution in [0.1, 0.15) is 58.1 Å². The Morgan fingerprint density at radius 2 is 1.76 bits per heavy atom. The van der Waals surface area contributed by atoms with Crippen LogP contribution in [0.4, 0.5) is 0 Å². The molecule has 0 radical (unpaired) electrons. The van der Waals surface area contributed by atoms with Crippen LogP contribution in [0.25, 0.3) is 0 Å². The summed E-state index contributed by atoms with van der Waals surface area (Å²) in [5.41, 5.74) is 1.94. The predicted octanol–water partition coefficient (Wildman–Crippen LogP) is 4.78. The number of nitrogens with one attached hydrogen (secondary N) is 1. The Morgan fingerprint density at radius 3 is 2.39 bits per heavy atom. The van der Waals surface area contributed by atoms with E-state index in [1.54, 1.807) is 12.0 Å². The van der Waals surface area contributed by atoms with Crippen molar-refractivity contribution >= 4 is 11.8 Å². The molecule has 0 fully saturated rings. The molecule has 0 heterocycles. The van der Waals surface area contributed by atoms with E-state index in [-0.39, 0.29) is 24.3 Å². The molecule has 0 bridgehead atoms. The number of carbonyl (C=O) groups is 2. The molecule has 0 saturated carbocycles. The third kappa shape index (κ3) is 7.81. The van der Waals surface area contributed by atoms with E-state index >= 15 is 0 Å². The van der Waals surface area contributed by atoms with Gasteiger partial charge in [0.2, 0.25) is 5.91 Å². The van der Waals surface area contributed by atoms with Crippen LogP contribution in [-0.4, -0.2) is 43.0 Å². The molecule has 6 heteroatoms. The van der Waals surface area contributed by atoms with Gasteiger partial charge in [-0.05, 0) is 47.6 Å². The second kappa shape index (κ2) is 12.9. The molecule has 2 rings (SSSR count). The van der Waals surface area contributed by atoms with Crippen LogP contribution < -0.4 is 14.8 Å². The lowest BCUT2D eigenvalue weighted by molar-refractivity contribution is -0.143. The number of nitrogens with zero attached hydrogens (tertiary/aromatic N) is 1. The van der Waals surface area contributed by atoms with Gasteiger partial charge in [0.1, 0.15) is 17.5 Å². The minimum Gasteiger partial charge on any atom is -0.497 e. The van der Waals surface area contributed by atoms with Gasteiger partial charge >= 0.3 is 0 Å². The van der Waals surface area contributed by atoms with E-state index in [0.717, 1.165) is 11.1 Å². The maximum absolute atomic E-state index is 13.4. The van der Waals surface area contributed by atoms with Crippen molar-refractivity contribution < 1.29 is 19.1 Å². The molecule has 1 unspecified atom stereocenters. The molecule has 2 amide bonds. The number of para-hydroxylation sites is 1. The number of hydrogen-bond donors (Lipinski definition) is 1. The summed E-state index contributed by atoms with van der Waals surface area (Å²) in [5, 5.41) is 2.98. The minimum absolute atomic E-state index is 0.137. The lowest BCUT2D eigenvalue weighted by atomic mass is 10.0. The normalized spacial score (nSPS) is 11.9. The summed E-state index contributed by atoms with van der Waals surface area (Å²) in [6, 6.07) is 14.7. The van der Waals surface area contributed by atoms with Crippen molar-refractivity contribution in [2.75, 3.05) is 20.3 Å². The smallest absolute Gasteiger partial charge is 0.261 e. The van der Waals surface area contributed by atoms with Crippen LogP contribution in [0.15, 0.2) is 48.5 Å². The van der Waals surface area contributed by atoms with E-state index < -0.39 is 6.04 Å². The Morgan fingerprint density at radius 1 is 1.03 bits per heavy atom. The largest absolute Gasteiger partial charge is 0.497 e. The first-order valence-corrected chi connectivity index (χ1v) is 11.7. The van der Waals surface area contributed by atoms with Crippen molar-refractivity contribution in [1.82, 2.24) is 10.2 Å². The molecule has 0 aliphatic carbocycles. The standard InChI is InChI=1S/C27H38N2O4/c1-7-24(27(31)28-16-19(2)3)29(17-21-11-10-12-22(15-21)32-6)26(30)18-33-25-14-9-8-13-23(25)20(4)5/h8-15,19-20,24H,7,16-18H2,1-6H3,(H,28,31). The summed E-state index contributed by atoms with van der Waals surface area (Å²) in [7, 11) is 1.61. The highest BCUT2D eigenvalue weighted by atomic mass is 16.5. The lowest BCUT2D eigenvalue weighted by Gasteiger charge is -2.31. The highest BCUT2D eigenvalue weighted by Gasteiger charge is 2.29. The van der Waals surface area contributed by atoms with E-state index in [1.807, 2.05) is 69.3 Å². The fraction of sp³-hybridized carbons (Fsp3) is 0.481. The van der Waals surface area contributed by atoms with Crippen LogP contribution in [0.5, 0.6) is 11.5 Å². The van der Waals surface area contributed by atoms with Gasteiger partial charge in [0, 0.05) is 13.1 Å². The van der Waals surface area contributed by atoms with Gasteiger partial charge in [-0.1, -0.05) is 65.0 Å². The van der Waals surface area contributed by atoms with E-state index in [4.69, 9.17) is 9.47 Å². The zero-order valence-corrected chi connectivity index (χ0v) is 20.8. The molecular weight excluding hydrogens is 416 g/mol. The van der Waals surface area contributed by atoms with E-state index in [2.05, 4.69) is 19.2 Å². The summed E-state index contributed by atoms with van der Waals surface area (Å²) in [6.07, 6.45) is 0.502. The summed E-state index contributed by atoms with van der Waals surface area (Å²) in [6.45, 7) is 10.9. The van der Waals surface area contributed by atoms with Crippen LogP contribution >= 0.6 is 0 Å². The van der Waals surface area contributed by atoms with Crippen molar-refractivity contribution in [3.63, 3.8) is 0 Å². The Kier molecular flexibility index (Phi) is 10.2. The quantitative estimate of drug-likeness (QED) is 0.501. The molecule has 6 nitrogen and oxygen atoms in total. The SMILES string of the molecule is CCC(C(=O)NCC(C)C)N(Cc1cccc(OC)c1)C(=O)COc1ccccc1C(C)C. The third-order valence-corrected chi connectivity index (χ3v) is 5.45. The van der Waals surface area contributed by atoms with Gasteiger partial charge in [-0.25, -0.2) is 0 Å². The van der Waals surface area contributed by atoms with Gasteiger partial charge in [0.05, 0.1) is 7.11 Å². The van der Waals surface area contributed by atoms with Crippen LogP contribution in [0.3, 0.4) is 0 Å². The van der Waals surface area contributed by atoms with E-state index in [1.165, 1.54) is 0 Å². The van der Waals surface area contributed by atoms with Gasteiger partial charge in [0.25, 0.3) is 5.91 Å². The Labute approximate surface area is 198 Å². The number of hydrogen-bond acceptors (Lipinski definition) is 4. The first-order chi connectivity index (χ1) is 15.8. The molecule has 0 spiro atoms. The maximum atomic E-state index is 13.4. The Bertz CT molecular complexity index is 910. The minimum atomic E-state index is -0.591. The molecule has 1 atom stereocenters. The number of amides is 2. The second-order valence-electron chi connectivity index (χ2n) is 8.92. The average Bonchev–Trinajstić information content (AvgIpc) is 2.81. The molecule has 2 aromatic rings. The number of ether oxygens (including phenoxy) is 2. The molecule has 0 aliphatic heterocycles. The molecule has 2 aromatic carbocycles. The maximum Gasteiger partial charge on any atom is 0.261 e. The fourth-order valence-corrected chi connectivity index (χ4v) is 3.62. The first kappa shape index (κ1) is 26.2. The molecular formula is C27H38N2O4. The van der Waals surface area contributed by atoms with Crippen LogP contribution in [0.2, 0.25) is 0 Å². The van der Waals surface area contributed by atoms with Gasteiger partial charge in [-0.15, -0.1) is 0 Å². The van der Waals surface area contributed by atoms with Gasteiger partial charge in [0.15, 0.2) is 6.61 Å². The zero-order valence-electron chi connectivity index (χ0n) is 20.8. The Balaban J connectivity index is 2.26. The molecule has 0 aromatic heterocycles. The fourth-order valence-electron chi connectivity index (χ4n) is 3.62. The van der Waals surface area contributed by atoms with Crippen LogP contribution in [0, 0.1) is 5.92 Å². The molecule has 0 saturated heterocycles. The third-order valence-electron chi connectivity index (χ3n) is 5.45. The van der Waals surface area contributed by atoms with Gasteiger partial charge in [-0.2, -0.15) is 0 Å². The van der Waals surface area contributed by atoms with Crippen LogP contribution in [-0.2, 0) is 16.1 Å². The van der Waals surface area contributed by atoms with Gasteiger partial charge < -0.3 is 19.7 Å². The topological polar surface area (TPSA) is 67.9 Å². The number of methoxy groups -OCH3 is 1. The number of benzene rings is 2. The van der Waals surface area contributed by atoms with Crippen molar-refractivity contribution in [3.05, 3.63) is 59.7 Å². The van der Waals surface area contributed by atoms with Crippen molar-refractivity contribution in [2.45, 2.75) is 59.5 Å². The number of rotatable bonds is 12. The molecule has 33 heavy (non-hydrogen) atoms. The highest BCUT2D eigenvalue weighted by Crippen LogP contribution is 2.26. The van der Waals surface area contributed by atoms with Gasteiger partial charge in [-0.3, -0.25) is 9.59 Å². The summed E-state index contributed by atoms with van der Waals surface area (Å²) < 4.78 is 11.3. The van der Waals surface area contributed by atoms with Crippen molar-refractivity contribution in [3.8, 4) is 11.5 Å². The highest BCUT2D eigenvalue weighted by molar-refractivity contribution is 5.88. The Hall–Kier alpha value is -3.02. The lowest BCUT2D eigenvalue weighted by Crippen LogP contribution is -2.50. The molecule has 0 aliphatic rings. The van der Waals surface area contributed by atoms with E-state index in [9.17, 15) is 9.59 Å². The monoisotopic (exact) mass is 454 g/mol. The van der Waals surface area contributed by atoms with Crippen molar-refractivity contribution in [2.24, 2.45) is 5.92 Å².